The second-order valence-corrected chi connectivity index (χ2v) is 4.26. The van der Waals surface area contributed by atoms with E-state index in [1.54, 1.807) is 12.1 Å². The third kappa shape index (κ3) is 3.95. The van der Waals surface area contributed by atoms with Gasteiger partial charge in [0.15, 0.2) is 0 Å². The van der Waals surface area contributed by atoms with Crippen LogP contribution in [0.3, 0.4) is 0 Å². The molecule has 0 fully saturated rings. The van der Waals surface area contributed by atoms with Gasteiger partial charge in [-0.25, -0.2) is 9.97 Å². The highest BCUT2D eigenvalue weighted by atomic mass is 16.5. The number of rotatable bonds is 6. The molecule has 102 valence electrons. The summed E-state index contributed by atoms with van der Waals surface area (Å²) >= 11 is 0. The first-order valence-corrected chi connectivity index (χ1v) is 6.49. The van der Waals surface area contributed by atoms with Crippen molar-refractivity contribution in [1.29, 1.82) is 5.26 Å². The summed E-state index contributed by atoms with van der Waals surface area (Å²) in [5.41, 5.74) is 1.68. The average molecular weight is 268 g/mol. The van der Waals surface area contributed by atoms with Gasteiger partial charge < -0.3 is 10.1 Å². The zero-order chi connectivity index (χ0) is 14.2. The van der Waals surface area contributed by atoms with Crippen LogP contribution in [0.4, 0.5) is 5.82 Å². The van der Waals surface area contributed by atoms with E-state index in [1.807, 2.05) is 25.1 Å². The van der Waals surface area contributed by atoms with Crippen molar-refractivity contribution in [2.24, 2.45) is 0 Å². The van der Waals surface area contributed by atoms with Gasteiger partial charge in [0.1, 0.15) is 12.1 Å². The van der Waals surface area contributed by atoms with Crippen LogP contribution in [0, 0.1) is 11.3 Å². The van der Waals surface area contributed by atoms with Crippen LogP contribution in [0.25, 0.3) is 0 Å². The van der Waals surface area contributed by atoms with Gasteiger partial charge in [-0.2, -0.15) is 5.26 Å². The summed E-state index contributed by atoms with van der Waals surface area (Å²) in [6, 6.07) is 11.4. The molecule has 0 saturated carbocycles. The Morgan fingerprint density at radius 2 is 2.20 bits per heavy atom. The Balaban J connectivity index is 1.98. The molecule has 2 aromatic rings. The number of aromatic nitrogens is 2. The van der Waals surface area contributed by atoms with E-state index in [-0.39, 0.29) is 0 Å². The maximum atomic E-state index is 8.86. The zero-order valence-electron chi connectivity index (χ0n) is 11.3. The number of anilines is 1. The van der Waals surface area contributed by atoms with Gasteiger partial charge in [-0.1, -0.05) is 19.1 Å². The SMILES string of the molecule is CCCOc1cc(NCc2cccc(C#N)c2)ncn1. The van der Waals surface area contributed by atoms with E-state index < -0.39 is 0 Å². The topological polar surface area (TPSA) is 70.8 Å². The summed E-state index contributed by atoms with van der Waals surface area (Å²) in [6.45, 7) is 3.28. The number of hydrogen-bond donors (Lipinski definition) is 1. The van der Waals surface area contributed by atoms with Gasteiger partial charge in [-0.3, -0.25) is 0 Å². The summed E-state index contributed by atoms with van der Waals surface area (Å²) in [7, 11) is 0. The van der Waals surface area contributed by atoms with Crippen LogP contribution in [-0.4, -0.2) is 16.6 Å². The normalized spacial score (nSPS) is 9.80. The molecule has 2 rings (SSSR count). The summed E-state index contributed by atoms with van der Waals surface area (Å²) in [6.07, 6.45) is 2.41. The first-order chi connectivity index (χ1) is 9.81. The first-order valence-electron chi connectivity index (χ1n) is 6.49. The number of nitriles is 1. The fraction of sp³-hybridized carbons (Fsp3) is 0.267. The Morgan fingerprint density at radius 3 is 3.00 bits per heavy atom. The van der Waals surface area contributed by atoms with Crippen LogP contribution in [0.1, 0.15) is 24.5 Å². The number of nitrogens with one attached hydrogen (secondary N) is 1. The first kappa shape index (κ1) is 13.8. The molecule has 1 aromatic carbocycles. The van der Waals surface area contributed by atoms with Gasteiger partial charge in [0.2, 0.25) is 5.88 Å². The molecular formula is C15H16N4O. The lowest BCUT2D eigenvalue weighted by Crippen LogP contribution is -2.03. The maximum absolute atomic E-state index is 8.86. The van der Waals surface area contributed by atoms with Gasteiger partial charge in [-0.15, -0.1) is 0 Å². The Bertz CT molecular complexity index is 607. The lowest BCUT2D eigenvalue weighted by molar-refractivity contribution is 0.305. The molecule has 0 radical (unpaired) electrons. The van der Waals surface area contributed by atoms with Gasteiger partial charge in [0.05, 0.1) is 18.2 Å². The van der Waals surface area contributed by atoms with Crippen molar-refractivity contribution in [2.75, 3.05) is 11.9 Å². The Labute approximate surface area is 118 Å². The largest absolute Gasteiger partial charge is 0.478 e. The Morgan fingerprint density at radius 1 is 1.30 bits per heavy atom. The van der Waals surface area contributed by atoms with E-state index >= 15 is 0 Å². The van der Waals surface area contributed by atoms with E-state index in [0.29, 0.717) is 30.4 Å². The third-order valence-corrected chi connectivity index (χ3v) is 2.63. The van der Waals surface area contributed by atoms with Crippen molar-refractivity contribution in [3.63, 3.8) is 0 Å². The molecule has 1 N–H and O–H groups in total. The second kappa shape index (κ2) is 7.10. The molecule has 20 heavy (non-hydrogen) atoms. The van der Waals surface area contributed by atoms with Gasteiger partial charge in [0.25, 0.3) is 0 Å². The molecule has 0 unspecified atom stereocenters. The van der Waals surface area contributed by atoms with E-state index in [4.69, 9.17) is 10.00 Å². The van der Waals surface area contributed by atoms with Crippen LogP contribution in [0.2, 0.25) is 0 Å². The molecule has 0 atom stereocenters. The molecule has 0 aliphatic rings. The fourth-order valence-electron chi connectivity index (χ4n) is 1.67. The highest BCUT2D eigenvalue weighted by Gasteiger charge is 2.00. The summed E-state index contributed by atoms with van der Waals surface area (Å²) in [4.78, 5) is 8.18. The van der Waals surface area contributed by atoms with Gasteiger partial charge in [0, 0.05) is 12.6 Å². The van der Waals surface area contributed by atoms with Gasteiger partial charge in [-0.05, 0) is 24.1 Å². The number of ether oxygens (including phenoxy) is 1. The van der Waals surface area contributed by atoms with Crippen LogP contribution in [0.5, 0.6) is 5.88 Å². The average Bonchev–Trinajstić information content (AvgIpc) is 2.51. The molecule has 1 heterocycles. The van der Waals surface area contributed by atoms with Crippen LogP contribution in [0.15, 0.2) is 36.7 Å². The highest BCUT2D eigenvalue weighted by Crippen LogP contribution is 2.13. The molecular weight excluding hydrogens is 252 g/mol. The van der Waals surface area contributed by atoms with Gasteiger partial charge >= 0.3 is 0 Å². The molecule has 1 aromatic heterocycles. The van der Waals surface area contributed by atoms with E-state index in [0.717, 1.165) is 12.0 Å². The molecule has 5 nitrogen and oxygen atoms in total. The Hall–Kier alpha value is -2.61. The van der Waals surface area contributed by atoms with Crippen LogP contribution in [-0.2, 0) is 6.54 Å². The van der Waals surface area contributed by atoms with Crippen LogP contribution < -0.4 is 10.1 Å². The minimum atomic E-state index is 0.565. The molecule has 0 amide bonds. The minimum Gasteiger partial charge on any atom is -0.478 e. The van der Waals surface area contributed by atoms with E-state index in [9.17, 15) is 0 Å². The summed E-state index contributed by atoms with van der Waals surface area (Å²) < 4.78 is 5.45. The van der Waals surface area contributed by atoms with Crippen LogP contribution >= 0.6 is 0 Å². The van der Waals surface area contributed by atoms with E-state index in [2.05, 4.69) is 21.4 Å². The molecule has 0 aliphatic heterocycles. The predicted molar refractivity (Wildman–Crippen MR) is 76.3 cm³/mol. The molecule has 0 bridgehead atoms. The van der Waals surface area contributed by atoms with Crippen molar-refractivity contribution in [1.82, 2.24) is 9.97 Å². The summed E-state index contributed by atoms with van der Waals surface area (Å²) in [5.74, 6) is 1.27. The zero-order valence-corrected chi connectivity index (χ0v) is 11.3. The lowest BCUT2D eigenvalue weighted by Gasteiger charge is -2.08. The molecule has 0 saturated heterocycles. The minimum absolute atomic E-state index is 0.565. The molecule has 0 aliphatic carbocycles. The van der Waals surface area contributed by atoms with Crippen molar-refractivity contribution < 1.29 is 4.74 Å². The number of hydrogen-bond acceptors (Lipinski definition) is 5. The van der Waals surface area contributed by atoms with Crippen molar-refractivity contribution in [3.8, 4) is 11.9 Å². The molecule has 5 heteroatoms. The number of nitrogens with zero attached hydrogens (tertiary/aromatic N) is 3. The van der Waals surface area contributed by atoms with Crippen molar-refractivity contribution in [2.45, 2.75) is 19.9 Å². The highest BCUT2D eigenvalue weighted by molar-refractivity contribution is 5.39. The smallest absolute Gasteiger partial charge is 0.218 e. The number of benzene rings is 1. The third-order valence-electron chi connectivity index (χ3n) is 2.63. The predicted octanol–water partition coefficient (Wildman–Crippen LogP) is 2.75. The monoisotopic (exact) mass is 268 g/mol. The second-order valence-electron chi connectivity index (χ2n) is 4.26. The maximum Gasteiger partial charge on any atom is 0.218 e. The van der Waals surface area contributed by atoms with Crippen molar-refractivity contribution in [3.05, 3.63) is 47.8 Å². The summed E-state index contributed by atoms with van der Waals surface area (Å²) in [5, 5.41) is 12.0. The van der Waals surface area contributed by atoms with E-state index in [1.165, 1.54) is 6.33 Å². The quantitative estimate of drug-likeness (QED) is 0.872. The lowest BCUT2D eigenvalue weighted by atomic mass is 10.1. The fourth-order valence-corrected chi connectivity index (χ4v) is 1.67. The van der Waals surface area contributed by atoms with Crippen molar-refractivity contribution >= 4 is 5.82 Å². The molecule has 0 spiro atoms. The Kier molecular flexibility index (Phi) is 4.90. The standard InChI is InChI=1S/C15H16N4O/c1-2-6-20-15-8-14(18-11-19-15)17-10-13-5-3-4-12(7-13)9-16/h3-5,7-8,11H,2,6,10H2,1H3,(H,17,18,19).